The Kier molecular flexibility index (Phi) is 5.92. The van der Waals surface area contributed by atoms with Crippen LogP contribution in [0.1, 0.15) is 28.4 Å². The number of likely N-dealkylation sites (tertiary alicyclic amines) is 1. The summed E-state index contributed by atoms with van der Waals surface area (Å²) in [4.78, 5) is 35.9. The number of hydrogen-bond donors (Lipinski definition) is 1. The first-order valence-corrected chi connectivity index (χ1v) is 10.2. The molecule has 32 heavy (non-hydrogen) atoms. The molecule has 162 valence electrons. The average molecular weight is 450 g/mol. The van der Waals surface area contributed by atoms with Crippen LogP contribution >= 0.6 is 11.6 Å². The smallest absolute Gasteiger partial charge is 0.296 e. The summed E-state index contributed by atoms with van der Waals surface area (Å²) in [6.45, 7) is 1.91. The van der Waals surface area contributed by atoms with E-state index in [0.717, 1.165) is 5.56 Å². The van der Waals surface area contributed by atoms with E-state index < -0.39 is 17.7 Å². The largest absolute Gasteiger partial charge is 0.507 e. The molecule has 1 unspecified atom stereocenters. The van der Waals surface area contributed by atoms with E-state index in [9.17, 15) is 14.7 Å². The van der Waals surface area contributed by atoms with Crippen molar-refractivity contribution in [3.8, 4) is 5.75 Å². The monoisotopic (exact) mass is 449 g/mol. The number of nitrogens with zero attached hydrogens (tertiary/aromatic N) is 3. The van der Waals surface area contributed by atoms with E-state index in [1.165, 1.54) is 12.0 Å². The van der Waals surface area contributed by atoms with Crippen molar-refractivity contribution >= 4 is 29.1 Å². The maximum atomic E-state index is 13.2. The Hall–Kier alpha value is -3.71. The van der Waals surface area contributed by atoms with Crippen molar-refractivity contribution in [2.75, 3.05) is 7.11 Å². The van der Waals surface area contributed by atoms with Gasteiger partial charge >= 0.3 is 0 Å². The van der Waals surface area contributed by atoms with Crippen LogP contribution in [-0.2, 0) is 16.1 Å². The molecule has 1 amide bonds. The molecule has 1 fully saturated rings. The highest BCUT2D eigenvalue weighted by atomic mass is 35.5. The molecule has 1 aliphatic heterocycles. The lowest BCUT2D eigenvalue weighted by molar-refractivity contribution is -0.140. The Morgan fingerprint density at radius 1 is 1.16 bits per heavy atom. The molecule has 1 atom stereocenters. The number of aliphatic hydroxyl groups is 1. The maximum absolute atomic E-state index is 13.2. The molecule has 0 aliphatic carbocycles. The summed E-state index contributed by atoms with van der Waals surface area (Å²) in [7, 11) is 1.42. The van der Waals surface area contributed by atoms with Gasteiger partial charge in [-0.2, -0.15) is 0 Å². The Morgan fingerprint density at radius 3 is 2.56 bits per heavy atom. The van der Waals surface area contributed by atoms with E-state index in [-0.39, 0.29) is 34.2 Å². The second kappa shape index (κ2) is 8.80. The number of ether oxygens (including phenoxy) is 1. The van der Waals surface area contributed by atoms with E-state index in [2.05, 4.69) is 9.97 Å². The van der Waals surface area contributed by atoms with Crippen LogP contribution in [0.25, 0.3) is 5.76 Å². The van der Waals surface area contributed by atoms with Gasteiger partial charge in [-0.05, 0) is 54.4 Å². The van der Waals surface area contributed by atoms with Gasteiger partial charge in [-0.15, -0.1) is 0 Å². The van der Waals surface area contributed by atoms with Gasteiger partial charge < -0.3 is 14.7 Å². The molecular formula is C24H20ClN3O4. The number of aryl methyl sites for hydroxylation is 1. The number of carbonyl (C=O) groups is 2. The minimum Gasteiger partial charge on any atom is -0.507 e. The molecule has 0 radical (unpaired) electrons. The molecule has 0 bridgehead atoms. The first-order chi connectivity index (χ1) is 15.4. The molecule has 4 rings (SSSR count). The summed E-state index contributed by atoms with van der Waals surface area (Å²) in [5.41, 5.74) is 2.21. The third-order valence-electron chi connectivity index (χ3n) is 5.27. The normalized spacial score (nSPS) is 17.6. The fourth-order valence-corrected chi connectivity index (χ4v) is 4.21. The van der Waals surface area contributed by atoms with E-state index in [4.69, 9.17) is 16.3 Å². The van der Waals surface area contributed by atoms with Gasteiger partial charge in [0.15, 0.2) is 0 Å². The topological polar surface area (TPSA) is 92.6 Å². The number of amides is 1. The number of aromatic nitrogens is 2. The lowest BCUT2D eigenvalue weighted by atomic mass is 9.95. The first kappa shape index (κ1) is 21.5. The minimum absolute atomic E-state index is 0.0444. The minimum atomic E-state index is -0.830. The van der Waals surface area contributed by atoms with Gasteiger partial charge in [0.2, 0.25) is 0 Å². The van der Waals surface area contributed by atoms with Gasteiger partial charge in [0.05, 0.1) is 41.5 Å². The van der Waals surface area contributed by atoms with Crippen molar-refractivity contribution in [1.82, 2.24) is 14.9 Å². The van der Waals surface area contributed by atoms with Crippen LogP contribution in [0, 0.1) is 6.92 Å². The van der Waals surface area contributed by atoms with E-state index in [1.807, 2.05) is 6.92 Å². The lowest BCUT2D eigenvalue weighted by Crippen LogP contribution is -2.29. The zero-order valence-electron chi connectivity index (χ0n) is 17.4. The number of Topliss-reactive ketones (excluding diaryl/α,β-unsaturated/α-hetero) is 1. The molecule has 1 saturated heterocycles. The summed E-state index contributed by atoms with van der Waals surface area (Å²) in [6, 6.07) is 11.3. The number of hydrogen-bond acceptors (Lipinski definition) is 6. The van der Waals surface area contributed by atoms with Gasteiger partial charge in [-0.3, -0.25) is 19.6 Å². The Morgan fingerprint density at radius 2 is 1.91 bits per heavy atom. The second-order valence-corrected chi connectivity index (χ2v) is 7.76. The molecule has 2 aromatic heterocycles. The van der Waals surface area contributed by atoms with E-state index in [0.29, 0.717) is 11.3 Å². The van der Waals surface area contributed by atoms with Crippen molar-refractivity contribution in [2.24, 2.45) is 0 Å². The molecule has 8 heteroatoms. The second-order valence-electron chi connectivity index (χ2n) is 7.36. The quantitative estimate of drug-likeness (QED) is 0.358. The van der Waals surface area contributed by atoms with Crippen LogP contribution < -0.4 is 4.74 Å². The fraction of sp³-hybridized carbons (Fsp3) is 0.167. The summed E-state index contributed by atoms with van der Waals surface area (Å²) in [5.74, 6) is -1.65. The summed E-state index contributed by atoms with van der Waals surface area (Å²) >= 11 is 6.30. The summed E-state index contributed by atoms with van der Waals surface area (Å²) in [5, 5.41) is 11.6. The van der Waals surface area contributed by atoms with Crippen molar-refractivity contribution in [3.63, 3.8) is 0 Å². The molecule has 0 spiro atoms. The van der Waals surface area contributed by atoms with Crippen molar-refractivity contribution < 1.29 is 19.4 Å². The maximum Gasteiger partial charge on any atom is 0.296 e. The van der Waals surface area contributed by atoms with Gasteiger partial charge in [0.1, 0.15) is 11.5 Å². The van der Waals surface area contributed by atoms with Crippen LogP contribution in [-0.4, -0.2) is 38.8 Å². The molecule has 7 nitrogen and oxygen atoms in total. The predicted octanol–water partition coefficient (Wildman–Crippen LogP) is 4.07. The Balaban J connectivity index is 1.92. The Labute approximate surface area is 190 Å². The zero-order valence-corrected chi connectivity index (χ0v) is 18.2. The highest BCUT2D eigenvalue weighted by Crippen LogP contribution is 2.43. The number of methoxy groups -OCH3 is 1. The van der Waals surface area contributed by atoms with Crippen molar-refractivity contribution in [3.05, 3.63) is 94.0 Å². The van der Waals surface area contributed by atoms with Crippen LogP contribution in [0.4, 0.5) is 0 Å². The number of ketones is 1. The van der Waals surface area contributed by atoms with Gasteiger partial charge in [-0.25, -0.2) is 0 Å². The van der Waals surface area contributed by atoms with Gasteiger partial charge in [0.25, 0.3) is 11.7 Å². The summed E-state index contributed by atoms with van der Waals surface area (Å²) in [6.07, 6.45) is 4.76. The third kappa shape index (κ3) is 3.83. The van der Waals surface area contributed by atoms with Gasteiger partial charge in [-0.1, -0.05) is 17.7 Å². The first-order valence-electron chi connectivity index (χ1n) is 9.85. The molecule has 0 saturated carbocycles. The molecule has 3 heterocycles. The highest BCUT2D eigenvalue weighted by Gasteiger charge is 2.46. The molecule has 1 aromatic carbocycles. The fourth-order valence-electron chi connectivity index (χ4n) is 3.86. The van der Waals surface area contributed by atoms with Crippen LogP contribution in [0.15, 0.2) is 66.6 Å². The molecule has 3 aromatic rings. The predicted molar refractivity (Wildman–Crippen MR) is 119 cm³/mol. The average Bonchev–Trinajstić information content (AvgIpc) is 3.04. The third-order valence-corrected chi connectivity index (χ3v) is 5.55. The Bertz CT molecular complexity index is 1210. The van der Waals surface area contributed by atoms with E-state index in [1.54, 1.807) is 61.1 Å². The standard InChI is InChI=1S/C24H20ClN3O4/c1-14-11-17(23(32-2)18(25)12-14)21(29)19-20(15-6-9-26-10-7-15)28(24(31)22(19)30)13-16-5-3-4-8-27-16/h3-12,20,29H,13H2,1-2H3/b21-19+. The van der Waals surface area contributed by atoms with Crippen molar-refractivity contribution in [2.45, 2.75) is 19.5 Å². The highest BCUT2D eigenvalue weighted by molar-refractivity contribution is 6.46. The molecular weight excluding hydrogens is 430 g/mol. The number of carbonyl (C=O) groups excluding carboxylic acids is 2. The number of benzene rings is 1. The van der Waals surface area contributed by atoms with Crippen LogP contribution in [0.2, 0.25) is 5.02 Å². The molecule has 1 N–H and O–H groups in total. The van der Waals surface area contributed by atoms with Gasteiger partial charge in [0, 0.05) is 18.6 Å². The van der Waals surface area contributed by atoms with Crippen molar-refractivity contribution in [1.29, 1.82) is 0 Å². The number of aliphatic hydroxyl groups excluding tert-OH is 1. The van der Waals surface area contributed by atoms with Crippen LogP contribution in [0.5, 0.6) is 5.75 Å². The zero-order chi connectivity index (χ0) is 22.8. The van der Waals surface area contributed by atoms with Crippen LogP contribution in [0.3, 0.4) is 0 Å². The number of rotatable bonds is 5. The summed E-state index contributed by atoms with van der Waals surface area (Å²) < 4.78 is 5.38. The lowest BCUT2D eigenvalue weighted by Gasteiger charge is -2.25. The number of halogens is 1. The van der Waals surface area contributed by atoms with E-state index >= 15 is 0 Å². The SMILES string of the molecule is COc1c(Cl)cc(C)cc1/C(O)=C1\C(=O)C(=O)N(Cc2ccccn2)C1c1ccncc1. The number of pyridine rings is 2. The molecule has 1 aliphatic rings.